The van der Waals surface area contributed by atoms with Gasteiger partial charge < -0.3 is 9.84 Å². The molecule has 1 aliphatic carbocycles. The summed E-state index contributed by atoms with van der Waals surface area (Å²) in [5.74, 6) is 0.0348. The molecule has 0 aromatic rings. The first kappa shape index (κ1) is 15.9. The van der Waals surface area contributed by atoms with Gasteiger partial charge in [-0.2, -0.15) is 4.31 Å². The van der Waals surface area contributed by atoms with Crippen LogP contribution in [0.2, 0.25) is 0 Å². The molecule has 0 bridgehead atoms. The number of aliphatic hydroxyl groups is 1. The molecule has 0 heterocycles. The Morgan fingerprint density at radius 1 is 1.39 bits per heavy atom. The lowest BCUT2D eigenvalue weighted by molar-refractivity contribution is 0.0900. The Hall–Kier alpha value is -0.170. The summed E-state index contributed by atoms with van der Waals surface area (Å²) in [4.78, 5) is 0. The Labute approximate surface area is 110 Å². The van der Waals surface area contributed by atoms with Crippen LogP contribution in [0.25, 0.3) is 0 Å². The summed E-state index contributed by atoms with van der Waals surface area (Å²) >= 11 is 0. The van der Waals surface area contributed by atoms with Gasteiger partial charge in [0.15, 0.2) is 0 Å². The number of ether oxygens (including phenoxy) is 1. The van der Waals surface area contributed by atoms with Crippen LogP contribution in [0.1, 0.15) is 39.5 Å². The van der Waals surface area contributed by atoms with Gasteiger partial charge in [-0.05, 0) is 33.1 Å². The van der Waals surface area contributed by atoms with Crippen molar-refractivity contribution in [2.45, 2.75) is 51.7 Å². The number of rotatable bonds is 9. The molecule has 1 aliphatic rings. The van der Waals surface area contributed by atoms with Crippen molar-refractivity contribution in [2.75, 3.05) is 25.5 Å². The van der Waals surface area contributed by atoms with E-state index in [1.54, 1.807) is 4.31 Å². The van der Waals surface area contributed by atoms with E-state index in [1.807, 2.05) is 13.8 Å². The number of sulfonamides is 1. The van der Waals surface area contributed by atoms with Crippen LogP contribution in [0, 0.1) is 0 Å². The fourth-order valence-corrected chi connectivity index (χ4v) is 3.57. The topological polar surface area (TPSA) is 66.8 Å². The van der Waals surface area contributed by atoms with Gasteiger partial charge in [-0.1, -0.05) is 6.42 Å². The second-order valence-corrected chi connectivity index (χ2v) is 7.05. The molecule has 108 valence electrons. The van der Waals surface area contributed by atoms with Crippen molar-refractivity contribution in [1.82, 2.24) is 4.31 Å². The van der Waals surface area contributed by atoms with E-state index >= 15 is 0 Å². The van der Waals surface area contributed by atoms with Crippen molar-refractivity contribution in [3.8, 4) is 0 Å². The normalized spacial score (nSPS) is 17.4. The Morgan fingerprint density at radius 2 is 2.06 bits per heavy atom. The molecule has 1 N–H and O–H groups in total. The molecule has 0 aliphatic heterocycles. The minimum Gasteiger partial charge on any atom is -0.396 e. The Kier molecular flexibility index (Phi) is 6.55. The van der Waals surface area contributed by atoms with Gasteiger partial charge in [0.05, 0.1) is 18.5 Å². The Morgan fingerprint density at radius 3 is 2.50 bits per heavy atom. The lowest BCUT2D eigenvalue weighted by atomic mass is 9.93. The van der Waals surface area contributed by atoms with Gasteiger partial charge in [-0.25, -0.2) is 8.42 Å². The molecule has 18 heavy (non-hydrogen) atoms. The first-order valence-corrected chi connectivity index (χ1v) is 8.30. The summed E-state index contributed by atoms with van der Waals surface area (Å²) in [6.07, 6.45) is 3.53. The van der Waals surface area contributed by atoms with Crippen LogP contribution in [0.3, 0.4) is 0 Å². The predicted octanol–water partition coefficient (Wildman–Crippen LogP) is 0.978. The number of aliphatic hydroxyl groups excluding tert-OH is 1. The van der Waals surface area contributed by atoms with E-state index in [0.29, 0.717) is 13.0 Å². The number of hydrogen-bond acceptors (Lipinski definition) is 4. The minimum absolute atomic E-state index is 0.0290. The molecule has 0 aromatic heterocycles. The SMILES string of the molecule is CC(C)OCCS(=O)(=O)N(CCCO)C1CCC1. The average Bonchev–Trinajstić information content (AvgIpc) is 2.20. The quantitative estimate of drug-likeness (QED) is 0.683. The molecule has 0 saturated heterocycles. The molecule has 0 aromatic carbocycles. The highest BCUT2D eigenvalue weighted by atomic mass is 32.2. The lowest BCUT2D eigenvalue weighted by Gasteiger charge is -2.36. The molecule has 5 nitrogen and oxygen atoms in total. The molecule has 0 radical (unpaired) electrons. The summed E-state index contributed by atoms with van der Waals surface area (Å²) in [6.45, 7) is 4.47. The van der Waals surface area contributed by atoms with E-state index in [2.05, 4.69) is 0 Å². The molecule has 0 atom stereocenters. The number of nitrogens with zero attached hydrogens (tertiary/aromatic N) is 1. The molecular formula is C12H25NO4S. The van der Waals surface area contributed by atoms with Crippen molar-refractivity contribution in [3.05, 3.63) is 0 Å². The van der Waals surface area contributed by atoms with Crippen LogP contribution in [-0.2, 0) is 14.8 Å². The van der Waals surface area contributed by atoms with E-state index in [9.17, 15) is 8.42 Å². The maximum Gasteiger partial charge on any atom is 0.216 e. The Bertz CT molecular complexity index is 325. The monoisotopic (exact) mass is 279 g/mol. The fourth-order valence-electron chi connectivity index (χ4n) is 1.96. The molecule has 1 saturated carbocycles. The molecular weight excluding hydrogens is 254 g/mol. The van der Waals surface area contributed by atoms with Crippen molar-refractivity contribution in [1.29, 1.82) is 0 Å². The van der Waals surface area contributed by atoms with Gasteiger partial charge in [0.1, 0.15) is 0 Å². The van der Waals surface area contributed by atoms with Crippen LogP contribution in [0.15, 0.2) is 0 Å². The smallest absolute Gasteiger partial charge is 0.216 e. The highest BCUT2D eigenvalue weighted by Crippen LogP contribution is 2.27. The maximum absolute atomic E-state index is 12.2. The maximum atomic E-state index is 12.2. The second-order valence-electron chi connectivity index (χ2n) is 5.01. The Balaban J connectivity index is 2.52. The standard InChI is InChI=1S/C12H25NO4S/c1-11(2)17-9-10-18(15,16)13(7-4-8-14)12-5-3-6-12/h11-12,14H,3-10H2,1-2H3. The van der Waals surface area contributed by atoms with Gasteiger partial charge in [0.2, 0.25) is 10.0 Å². The van der Waals surface area contributed by atoms with Crippen molar-refractivity contribution < 1.29 is 18.3 Å². The zero-order chi connectivity index (χ0) is 13.6. The van der Waals surface area contributed by atoms with E-state index in [0.717, 1.165) is 19.3 Å². The lowest BCUT2D eigenvalue weighted by Crippen LogP contribution is -2.46. The van der Waals surface area contributed by atoms with Gasteiger partial charge in [-0.15, -0.1) is 0 Å². The van der Waals surface area contributed by atoms with E-state index < -0.39 is 10.0 Å². The fraction of sp³-hybridized carbons (Fsp3) is 1.00. The third kappa shape index (κ3) is 4.84. The highest BCUT2D eigenvalue weighted by molar-refractivity contribution is 7.89. The van der Waals surface area contributed by atoms with Gasteiger partial charge >= 0.3 is 0 Å². The van der Waals surface area contributed by atoms with E-state index in [-0.39, 0.29) is 31.1 Å². The largest absolute Gasteiger partial charge is 0.396 e. The van der Waals surface area contributed by atoms with Gasteiger partial charge in [0.25, 0.3) is 0 Å². The van der Waals surface area contributed by atoms with Crippen molar-refractivity contribution >= 4 is 10.0 Å². The summed E-state index contributed by atoms with van der Waals surface area (Å²) in [6, 6.07) is 0.139. The first-order valence-electron chi connectivity index (χ1n) is 6.69. The third-order valence-corrected chi connectivity index (χ3v) is 5.05. The molecule has 0 spiro atoms. The summed E-state index contributed by atoms with van der Waals surface area (Å²) in [5, 5.41) is 8.86. The second kappa shape index (κ2) is 7.43. The van der Waals surface area contributed by atoms with Crippen molar-refractivity contribution in [2.24, 2.45) is 0 Å². The van der Waals surface area contributed by atoms with Crippen LogP contribution in [0.5, 0.6) is 0 Å². The van der Waals surface area contributed by atoms with Gasteiger partial charge in [0, 0.05) is 19.2 Å². The third-order valence-electron chi connectivity index (χ3n) is 3.17. The van der Waals surface area contributed by atoms with Crippen molar-refractivity contribution in [3.63, 3.8) is 0 Å². The molecule has 1 fully saturated rings. The zero-order valence-corrected chi connectivity index (χ0v) is 12.2. The van der Waals surface area contributed by atoms with E-state index in [1.165, 1.54) is 0 Å². The zero-order valence-electron chi connectivity index (χ0n) is 11.3. The predicted molar refractivity (Wildman–Crippen MR) is 70.9 cm³/mol. The molecule has 0 amide bonds. The molecule has 6 heteroatoms. The van der Waals surface area contributed by atoms with Crippen LogP contribution in [0.4, 0.5) is 0 Å². The van der Waals surface area contributed by atoms with Gasteiger partial charge in [-0.3, -0.25) is 0 Å². The highest BCUT2D eigenvalue weighted by Gasteiger charge is 2.32. The first-order chi connectivity index (χ1) is 8.47. The summed E-state index contributed by atoms with van der Waals surface area (Å²) < 4.78 is 31.3. The van der Waals surface area contributed by atoms with Crippen LogP contribution in [-0.4, -0.2) is 55.5 Å². The number of hydrogen-bond donors (Lipinski definition) is 1. The van der Waals surface area contributed by atoms with E-state index in [4.69, 9.17) is 9.84 Å². The minimum atomic E-state index is -3.25. The summed E-state index contributed by atoms with van der Waals surface area (Å²) in [7, 11) is -3.25. The molecule has 1 rings (SSSR count). The molecule has 0 unspecified atom stereocenters. The summed E-state index contributed by atoms with van der Waals surface area (Å²) in [5.41, 5.74) is 0. The van der Waals surface area contributed by atoms with Crippen LogP contribution >= 0.6 is 0 Å². The average molecular weight is 279 g/mol. The van der Waals surface area contributed by atoms with Crippen LogP contribution < -0.4 is 0 Å².